The van der Waals surface area contributed by atoms with Crippen LogP contribution in [-0.2, 0) is 0 Å². The Labute approximate surface area is 108 Å². The number of aromatic nitrogens is 1. The van der Waals surface area contributed by atoms with Crippen molar-refractivity contribution >= 4 is 22.9 Å². The Bertz CT molecular complexity index is 601. The number of ether oxygens (including phenoxy) is 1. The zero-order valence-corrected chi connectivity index (χ0v) is 10.9. The van der Waals surface area contributed by atoms with Gasteiger partial charge in [-0.3, -0.25) is 0 Å². The summed E-state index contributed by atoms with van der Waals surface area (Å²) in [6.45, 7) is 1.99. The normalized spacial score (nSPS) is 10.0. The van der Waals surface area contributed by atoms with E-state index in [0.717, 1.165) is 16.9 Å². The summed E-state index contributed by atoms with van der Waals surface area (Å²) in [5.74, 6) is 0.727. The molecule has 17 heavy (non-hydrogen) atoms. The number of hydrogen-bond donors (Lipinski definition) is 0. The van der Waals surface area contributed by atoms with Crippen LogP contribution in [0.25, 0.3) is 10.6 Å². The lowest BCUT2D eigenvalue weighted by Gasteiger charge is -2.06. The first-order valence-electron chi connectivity index (χ1n) is 4.87. The van der Waals surface area contributed by atoms with Gasteiger partial charge in [-0.05, 0) is 19.1 Å². The molecule has 0 saturated heterocycles. The summed E-state index contributed by atoms with van der Waals surface area (Å²) in [6, 6.07) is 7.83. The van der Waals surface area contributed by atoms with Crippen LogP contribution in [0.15, 0.2) is 18.2 Å². The maximum atomic E-state index is 8.86. The molecular formula is C12H9ClN2OS. The van der Waals surface area contributed by atoms with E-state index in [1.807, 2.05) is 31.2 Å². The summed E-state index contributed by atoms with van der Waals surface area (Å²) in [5, 5.41) is 9.81. The molecule has 0 atom stereocenters. The Morgan fingerprint density at radius 2 is 2.24 bits per heavy atom. The molecule has 0 radical (unpaired) electrons. The number of aryl methyl sites for hydroxylation is 1. The fourth-order valence-corrected chi connectivity index (χ4v) is 2.54. The summed E-state index contributed by atoms with van der Waals surface area (Å²) in [4.78, 5) is 4.60. The van der Waals surface area contributed by atoms with Gasteiger partial charge in [0.05, 0.1) is 12.7 Å². The van der Waals surface area contributed by atoms with Crippen LogP contribution in [-0.4, -0.2) is 12.1 Å². The van der Waals surface area contributed by atoms with Crippen LogP contribution < -0.4 is 4.74 Å². The molecule has 0 aliphatic rings. The van der Waals surface area contributed by atoms with Crippen LogP contribution in [0.1, 0.15) is 10.4 Å². The SMILES string of the molecule is COc1ccc(C)cc1-c1nc(Cl)c(C#N)s1. The van der Waals surface area contributed by atoms with Crippen LogP contribution in [0.4, 0.5) is 0 Å². The van der Waals surface area contributed by atoms with Crippen LogP contribution in [0.2, 0.25) is 5.15 Å². The third kappa shape index (κ3) is 2.26. The van der Waals surface area contributed by atoms with Gasteiger partial charge in [0.2, 0.25) is 0 Å². The molecule has 5 heteroatoms. The van der Waals surface area contributed by atoms with E-state index in [-0.39, 0.29) is 5.15 Å². The highest BCUT2D eigenvalue weighted by molar-refractivity contribution is 7.16. The van der Waals surface area contributed by atoms with E-state index in [4.69, 9.17) is 21.6 Å². The molecule has 1 aromatic heterocycles. The monoisotopic (exact) mass is 264 g/mol. The number of thiazole rings is 1. The third-order valence-corrected chi connectivity index (χ3v) is 3.65. The Hall–Kier alpha value is -1.57. The average molecular weight is 265 g/mol. The van der Waals surface area contributed by atoms with Crippen molar-refractivity contribution in [2.45, 2.75) is 6.92 Å². The van der Waals surface area contributed by atoms with Gasteiger partial charge in [0.1, 0.15) is 21.7 Å². The summed E-state index contributed by atoms with van der Waals surface area (Å²) >= 11 is 7.13. The van der Waals surface area contributed by atoms with Crippen molar-refractivity contribution in [3.8, 4) is 22.4 Å². The molecule has 0 unspecified atom stereocenters. The van der Waals surface area contributed by atoms with Gasteiger partial charge in [-0.2, -0.15) is 5.26 Å². The van der Waals surface area contributed by atoms with Crippen molar-refractivity contribution in [3.05, 3.63) is 33.8 Å². The predicted molar refractivity (Wildman–Crippen MR) is 68.6 cm³/mol. The van der Waals surface area contributed by atoms with E-state index < -0.39 is 0 Å². The molecule has 0 amide bonds. The Morgan fingerprint density at radius 1 is 1.47 bits per heavy atom. The van der Waals surface area contributed by atoms with Crippen molar-refractivity contribution in [3.63, 3.8) is 0 Å². The van der Waals surface area contributed by atoms with Gasteiger partial charge in [0.25, 0.3) is 0 Å². The van der Waals surface area contributed by atoms with Gasteiger partial charge in [0.15, 0.2) is 5.15 Å². The Kier molecular flexibility index (Phi) is 3.32. The van der Waals surface area contributed by atoms with E-state index in [1.165, 1.54) is 11.3 Å². The second kappa shape index (κ2) is 4.74. The molecule has 0 aliphatic heterocycles. The van der Waals surface area contributed by atoms with Crippen LogP contribution in [0, 0.1) is 18.3 Å². The number of hydrogen-bond acceptors (Lipinski definition) is 4. The van der Waals surface area contributed by atoms with Gasteiger partial charge in [0, 0.05) is 0 Å². The van der Waals surface area contributed by atoms with Gasteiger partial charge in [-0.1, -0.05) is 23.2 Å². The van der Waals surface area contributed by atoms with Crippen molar-refractivity contribution in [1.29, 1.82) is 5.26 Å². The van der Waals surface area contributed by atoms with E-state index in [1.54, 1.807) is 7.11 Å². The van der Waals surface area contributed by atoms with Crippen molar-refractivity contribution < 1.29 is 4.74 Å². The maximum absolute atomic E-state index is 8.86. The van der Waals surface area contributed by atoms with Crippen molar-refractivity contribution in [2.24, 2.45) is 0 Å². The first-order chi connectivity index (χ1) is 8.15. The van der Waals surface area contributed by atoms with Crippen molar-refractivity contribution in [2.75, 3.05) is 7.11 Å². The third-order valence-electron chi connectivity index (χ3n) is 2.27. The Balaban J connectivity index is 2.59. The minimum atomic E-state index is 0.246. The van der Waals surface area contributed by atoms with Gasteiger partial charge < -0.3 is 4.74 Å². The molecule has 1 heterocycles. The lowest BCUT2D eigenvalue weighted by molar-refractivity contribution is 0.416. The zero-order chi connectivity index (χ0) is 12.4. The highest BCUT2D eigenvalue weighted by Crippen LogP contribution is 2.36. The average Bonchev–Trinajstić information content (AvgIpc) is 2.70. The van der Waals surface area contributed by atoms with Gasteiger partial charge in [-0.15, -0.1) is 11.3 Å². The zero-order valence-electron chi connectivity index (χ0n) is 9.32. The molecule has 2 aromatic rings. The summed E-state index contributed by atoms with van der Waals surface area (Å²) < 4.78 is 5.28. The summed E-state index contributed by atoms with van der Waals surface area (Å²) in [6.07, 6.45) is 0. The van der Waals surface area contributed by atoms with Gasteiger partial charge in [-0.25, -0.2) is 4.98 Å². The minimum absolute atomic E-state index is 0.246. The molecule has 1 aromatic carbocycles. The molecule has 0 bridgehead atoms. The number of halogens is 1. The minimum Gasteiger partial charge on any atom is -0.496 e. The van der Waals surface area contributed by atoms with E-state index >= 15 is 0 Å². The topological polar surface area (TPSA) is 45.9 Å². The molecule has 0 aliphatic carbocycles. The molecule has 2 rings (SSSR count). The molecule has 0 spiro atoms. The Morgan fingerprint density at radius 3 is 2.82 bits per heavy atom. The number of nitrogens with zero attached hydrogens (tertiary/aromatic N) is 2. The van der Waals surface area contributed by atoms with E-state index in [0.29, 0.717) is 9.88 Å². The first-order valence-corrected chi connectivity index (χ1v) is 6.06. The number of nitriles is 1. The van der Waals surface area contributed by atoms with Crippen LogP contribution in [0.5, 0.6) is 5.75 Å². The predicted octanol–water partition coefficient (Wildman–Crippen LogP) is 3.65. The summed E-state index contributed by atoms with van der Waals surface area (Å²) in [7, 11) is 1.61. The number of benzene rings is 1. The second-order valence-electron chi connectivity index (χ2n) is 3.45. The molecule has 86 valence electrons. The van der Waals surface area contributed by atoms with E-state index in [9.17, 15) is 0 Å². The fourth-order valence-electron chi connectivity index (χ4n) is 1.47. The van der Waals surface area contributed by atoms with Crippen LogP contribution >= 0.6 is 22.9 Å². The quantitative estimate of drug-likeness (QED) is 0.832. The molecule has 3 nitrogen and oxygen atoms in total. The standard InChI is InChI=1S/C12H9ClN2OS/c1-7-3-4-9(16-2)8(5-7)12-15-11(13)10(6-14)17-12/h3-5H,1-2H3. The molecule has 0 fully saturated rings. The highest BCUT2D eigenvalue weighted by Gasteiger charge is 2.14. The highest BCUT2D eigenvalue weighted by atomic mass is 35.5. The molecular weight excluding hydrogens is 256 g/mol. The second-order valence-corrected chi connectivity index (χ2v) is 4.81. The molecule has 0 saturated carbocycles. The number of methoxy groups -OCH3 is 1. The maximum Gasteiger partial charge on any atom is 0.158 e. The lowest BCUT2D eigenvalue weighted by atomic mass is 10.1. The number of rotatable bonds is 2. The van der Waals surface area contributed by atoms with Crippen molar-refractivity contribution in [1.82, 2.24) is 4.98 Å². The fraction of sp³-hybridized carbons (Fsp3) is 0.167. The summed E-state index contributed by atoms with van der Waals surface area (Å²) in [5.41, 5.74) is 1.96. The smallest absolute Gasteiger partial charge is 0.158 e. The van der Waals surface area contributed by atoms with Gasteiger partial charge >= 0.3 is 0 Å². The lowest BCUT2D eigenvalue weighted by Crippen LogP contribution is -1.88. The largest absolute Gasteiger partial charge is 0.496 e. The van der Waals surface area contributed by atoms with Crippen LogP contribution in [0.3, 0.4) is 0 Å². The first kappa shape index (κ1) is 11.9. The van der Waals surface area contributed by atoms with E-state index in [2.05, 4.69) is 4.98 Å². The molecule has 0 N–H and O–H groups in total.